The molecule has 0 fully saturated rings. The SMILES string of the molecule is Cc1nc2c(c(NCC(C)c3ccccc3)n1)CCNC2. The van der Waals surface area contributed by atoms with Gasteiger partial charge in [0.1, 0.15) is 11.6 Å². The van der Waals surface area contributed by atoms with Crippen LogP contribution >= 0.6 is 0 Å². The van der Waals surface area contributed by atoms with Gasteiger partial charge in [-0.3, -0.25) is 0 Å². The van der Waals surface area contributed by atoms with Gasteiger partial charge in [-0.2, -0.15) is 0 Å². The highest BCUT2D eigenvalue weighted by Gasteiger charge is 2.16. The van der Waals surface area contributed by atoms with E-state index in [0.29, 0.717) is 5.92 Å². The summed E-state index contributed by atoms with van der Waals surface area (Å²) in [6, 6.07) is 10.6. The summed E-state index contributed by atoms with van der Waals surface area (Å²) in [6.45, 7) is 6.94. The first-order valence-electron chi connectivity index (χ1n) is 7.60. The third-order valence-electron chi connectivity index (χ3n) is 3.99. The Morgan fingerprint density at radius 2 is 2.05 bits per heavy atom. The van der Waals surface area contributed by atoms with Crippen LogP contribution in [0.1, 0.15) is 35.5 Å². The van der Waals surface area contributed by atoms with Crippen molar-refractivity contribution in [1.82, 2.24) is 15.3 Å². The molecular formula is C17H22N4. The van der Waals surface area contributed by atoms with Crippen LogP contribution in [0.3, 0.4) is 0 Å². The first kappa shape index (κ1) is 14.0. The zero-order valence-corrected chi connectivity index (χ0v) is 12.7. The van der Waals surface area contributed by atoms with E-state index in [9.17, 15) is 0 Å². The minimum Gasteiger partial charge on any atom is -0.369 e. The van der Waals surface area contributed by atoms with Crippen molar-refractivity contribution in [3.63, 3.8) is 0 Å². The molecule has 1 aromatic carbocycles. The number of hydrogen-bond donors (Lipinski definition) is 2. The third kappa shape index (κ3) is 3.22. The molecule has 1 aliphatic rings. The van der Waals surface area contributed by atoms with Crippen LogP contribution in [0.5, 0.6) is 0 Å². The quantitative estimate of drug-likeness (QED) is 0.905. The maximum Gasteiger partial charge on any atom is 0.133 e. The van der Waals surface area contributed by atoms with E-state index in [-0.39, 0.29) is 0 Å². The van der Waals surface area contributed by atoms with Crippen molar-refractivity contribution in [2.75, 3.05) is 18.4 Å². The molecule has 0 spiro atoms. The van der Waals surface area contributed by atoms with Crippen LogP contribution in [0.25, 0.3) is 0 Å². The number of rotatable bonds is 4. The fraction of sp³-hybridized carbons (Fsp3) is 0.412. The van der Waals surface area contributed by atoms with Gasteiger partial charge in [0.25, 0.3) is 0 Å². The van der Waals surface area contributed by atoms with Gasteiger partial charge in [-0.15, -0.1) is 0 Å². The van der Waals surface area contributed by atoms with Gasteiger partial charge >= 0.3 is 0 Å². The highest BCUT2D eigenvalue weighted by atomic mass is 15.1. The fourth-order valence-electron chi connectivity index (χ4n) is 2.78. The van der Waals surface area contributed by atoms with Crippen molar-refractivity contribution in [1.29, 1.82) is 0 Å². The lowest BCUT2D eigenvalue weighted by atomic mass is 10.0. The molecule has 4 heteroatoms. The Hall–Kier alpha value is -1.94. The van der Waals surface area contributed by atoms with Crippen LogP contribution in [0.15, 0.2) is 30.3 Å². The lowest BCUT2D eigenvalue weighted by Gasteiger charge is -2.21. The van der Waals surface area contributed by atoms with Gasteiger partial charge in [-0.1, -0.05) is 37.3 Å². The van der Waals surface area contributed by atoms with E-state index < -0.39 is 0 Å². The van der Waals surface area contributed by atoms with Crippen molar-refractivity contribution in [3.05, 3.63) is 53.0 Å². The smallest absolute Gasteiger partial charge is 0.133 e. The van der Waals surface area contributed by atoms with Gasteiger partial charge in [0.2, 0.25) is 0 Å². The molecule has 1 atom stereocenters. The molecule has 0 bridgehead atoms. The van der Waals surface area contributed by atoms with E-state index in [1.165, 1.54) is 11.1 Å². The summed E-state index contributed by atoms with van der Waals surface area (Å²) in [6.07, 6.45) is 0.998. The topological polar surface area (TPSA) is 49.8 Å². The predicted octanol–water partition coefficient (Wildman–Crippen LogP) is 2.65. The van der Waals surface area contributed by atoms with E-state index in [1.54, 1.807) is 0 Å². The van der Waals surface area contributed by atoms with Crippen LogP contribution < -0.4 is 10.6 Å². The molecule has 0 aliphatic carbocycles. The molecule has 1 aromatic heterocycles. The minimum absolute atomic E-state index is 0.457. The molecule has 21 heavy (non-hydrogen) atoms. The van der Waals surface area contributed by atoms with Crippen LogP contribution in [0.2, 0.25) is 0 Å². The fourth-order valence-corrected chi connectivity index (χ4v) is 2.78. The molecule has 1 unspecified atom stereocenters. The summed E-state index contributed by atoms with van der Waals surface area (Å²) in [5.74, 6) is 2.31. The van der Waals surface area contributed by atoms with Crippen LogP contribution in [0.4, 0.5) is 5.82 Å². The molecule has 4 nitrogen and oxygen atoms in total. The zero-order valence-electron chi connectivity index (χ0n) is 12.7. The second-order valence-corrected chi connectivity index (χ2v) is 5.66. The summed E-state index contributed by atoms with van der Waals surface area (Å²) in [5, 5.41) is 6.90. The Balaban J connectivity index is 1.75. The monoisotopic (exact) mass is 282 g/mol. The normalized spacial score (nSPS) is 15.3. The van der Waals surface area contributed by atoms with E-state index in [1.807, 2.05) is 6.92 Å². The van der Waals surface area contributed by atoms with Gasteiger partial charge in [-0.25, -0.2) is 9.97 Å². The number of nitrogens with one attached hydrogen (secondary N) is 2. The molecule has 110 valence electrons. The first-order valence-corrected chi connectivity index (χ1v) is 7.60. The van der Waals surface area contributed by atoms with Crippen LogP contribution in [-0.2, 0) is 13.0 Å². The average Bonchev–Trinajstić information content (AvgIpc) is 2.53. The standard InChI is InChI=1S/C17H22N4/c1-12(14-6-4-3-5-7-14)10-19-17-15-8-9-18-11-16(15)20-13(2)21-17/h3-7,12,18H,8-11H2,1-2H3,(H,19,20,21). The largest absolute Gasteiger partial charge is 0.369 e. The van der Waals surface area contributed by atoms with Crippen molar-refractivity contribution in [2.45, 2.75) is 32.7 Å². The summed E-state index contributed by atoms with van der Waals surface area (Å²) >= 11 is 0. The Morgan fingerprint density at radius 1 is 1.24 bits per heavy atom. The molecule has 3 rings (SSSR count). The zero-order chi connectivity index (χ0) is 14.7. The maximum atomic E-state index is 4.60. The highest BCUT2D eigenvalue weighted by Crippen LogP contribution is 2.22. The molecule has 0 radical (unpaired) electrons. The number of fused-ring (bicyclic) bond motifs is 1. The Morgan fingerprint density at radius 3 is 2.86 bits per heavy atom. The van der Waals surface area contributed by atoms with Gasteiger partial charge in [0.15, 0.2) is 0 Å². The van der Waals surface area contributed by atoms with Crippen molar-refractivity contribution in [3.8, 4) is 0 Å². The number of aromatic nitrogens is 2. The van der Waals surface area contributed by atoms with Crippen LogP contribution in [-0.4, -0.2) is 23.1 Å². The number of anilines is 1. The number of benzene rings is 1. The second-order valence-electron chi connectivity index (χ2n) is 5.66. The van der Waals surface area contributed by atoms with Gasteiger partial charge < -0.3 is 10.6 Å². The van der Waals surface area contributed by atoms with E-state index in [2.05, 4.69) is 57.9 Å². The van der Waals surface area contributed by atoms with Crippen molar-refractivity contribution < 1.29 is 0 Å². The Bertz CT molecular complexity index is 610. The second kappa shape index (κ2) is 6.22. The Labute approximate surface area is 126 Å². The highest BCUT2D eigenvalue weighted by molar-refractivity contribution is 5.48. The lowest BCUT2D eigenvalue weighted by Crippen LogP contribution is -2.27. The molecule has 2 N–H and O–H groups in total. The predicted molar refractivity (Wildman–Crippen MR) is 85.5 cm³/mol. The molecule has 0 amide bonds. The van der Waals surface area contributed by atoms with Gasteiger partial charge in [0.05, 0.1) is 5.69 Å². The molecule has 2 heterocycles. The summed E-state index contributed by atoms with van der Waals surface area (Å²) < 4.78 is 0. The molecular weight excluding hydrogens is 260 g/mol. The molecule has 2 aromatic rings. The Kier molecular flexibility index (Phi) is 4.15. The van der Waals surface area contributed by atoms with Crippen molar-refractivity contribution in [2.24, 2.45) is 0 Å². The minimum atomic E-state index is 0.457. The first-order chi connectivity index (χ1) is 10.2. The van der Waals surface area contributed by atoms with E-state index in [0.717, 1.165) is 43.4 Å². The maximum absolute atomic E-state index is 4.60. The number of nitrogens with zero attached hydrogens (tertiary/aromatic N) is 2. The number of hydrogen-bond acceptors (Lipinski definition) is 4. The summed E-state index contributed by atoms with van der Waals surface area (Å²) in [7, 11) is 0. The van der Waals surface area contributed by atoms with Crippen molar-refractivity contribution >= 4 is 5.82 Å². The third-order valence-corrected chi connectivity index (χ3v) is 3.99. The van der Waals surface area contributed by atoms with Crippen LogP contribution in [0, 0.1) is 6.92 Å². The summed E-state index contributed by atoms with van der Waals surface area (Å²) in [5.41, 5.74) is 3.77. The average molecular weight is 282 g/mol. The molecule has 1 aliphatic heterocycles. The molecule has 0 saturated heterocycles. The number of aryl methyl sites for hydroxylation is 1. The van der Waals surface area contributed by atoms with Gasteiger partial charge in [-0.05, 0) is 31.4 Å². The summed E-state index contributed by atoms with van der Waals surface area (Å²) in [4.78, 5) is 9.15. The van der Waals surface area contributed by atoms with Gasteiger partial charge in [0, 0.05) is 18.7 Å². The lowest BCUT2D eigenvalue weighted by molar-refractivity contribution is 0.620. The molecule has 0 saturated carbocycles. The van der Waals surface area contributed by atoms with E-state index in [4.69, 9.17) is 0 Å². The van der Waals surface area contributed by atoms with E-state index >= 15 is 0 Å².